The van der Waals surface area contributed by atoms with Crippen molar-refractivity contribution in [3.63, 3.8) is 0 Å². The van der Waals surface area contributed by atoms with Crippen molar-refractivity contribution in [2.24, 2.45) is 5.92 Å². The second kappa shape index (κ2) is 6.43. The Morgan fingerprint density at radius 1 is 1.08 bits per heavy atom. The van der Waals surface area contributed by atoms with Gasteiger partial charge in [-0.25, -0.2) is 9.59 Å². The molecule has 0 radical (unpaired) electrons. The molecule has 0 N–H and O–H groups in total. The van der Waals surface area contributed by atoms with Gasteiger partial charge in [0.05, 0.1) is 20.3 Å². The van der Waals surface area contributed by atoms with Gasteiger partial charge in [-0.1, -0.05) is 30.3 Å². The van der Waals surface area contributed by atoms with E-state index in [1.165, 1.54) is 0 Å². The fourth-order valence-electron chi connectivity index (χ4n) is 3.24. The van der Waals surface area contributed by atoms with Gasteiger partial charge < -0.3 is 14.4 Å². The fraction of sp³-hybridized carbons (Fsp3) is 0.412. The Kier molecular flexibility index (Phi) is 4.73. The molecule has 128 valence electrons. The standard InChI is InChI=1S/C17H19NO6/c1-10(12-8-6-5-7-9-12)18-14(20)13(11(2)19)17(18,15(21)23-3)16(22)24-4/h5-10,13H,1-4H3. The Morgan fingerprint density at radius 2 is 1.58 bits per heavy atom. The number of esters is 2. The molecule has 0 bridgehead atoms. The Bertz CT molecular complexity index is 668. The van der Waals surface area contributed by atoms with E-state index in [2.05, 4.69) is 0 Å². The van der Waals surface area contributed by atoms with Gasteiger partial charge in [-0.2, -0.15) is 0 Å². The van der Waals surface area contributed by atoms with Crippen LogP contribution in [0.4, 0.5) is 0 Å². The number of amides is 1. The predicted octanol–water partition coefficient (Wildman–Crippen LogP) is 0.880. The first kappa shape index (κ1) is 17.7. The van der Waals surface area contributed by atoms with Gasteiger partial charge in [-0.05, 0) is 19.4 Å². The number of nitrogens with zero attached hydrogens (tertiary/aromatic N) is 1. The molecule has 1 saturated heterocycles. The number of benzene rings is 1. The van der Waals surface area contributed by atoms with Gasteiger partial charge in [0.1, 0.15) is 11.7 Å². The van der Waals surface area contributed by atoms with Crippen molar-refractivity contribution in [3.05, 3.63) is 35.9 Å². The molecule has 1 amide bonds. The van der Waals surface area contributed by atoms with Crippen LogP contribution in [-0.2, 0) is 28.7 Å². The zero-order valence-corrected chi connectivity index (χ0v) is 13.9. The van der Waals surface area contributed by atoms with E-state index in [1.807, 2.05) is 0 Å². The normalized spacial score (nSPS) is 19.9. The zero-order valence-electron chi connectivity index (χ0n) is 13.9. The number of β-lactam (4-membered cyclic amide) rings is 1. The number of carbonyl (C=O) groups excluding carboxylic acids is 4. The minimum absolute atomic E-state index is 0.590. The van der Waals surface area contributed by atoms with Crippen LogP contribution in [0.25, 0.3) is 0 Å². The van der Waals surface area contributed by atoms with E-state index in [0.717, 1.165) is 26.0 Å². The van der Waals surface area contributed by atoms with E-state index in [4.69, 9.17) is 9.47 Å². The highest BCUT2D eigenvalue weighted by atomic mass is 16.5. The van der Waals surface area contributed by atoms with Crippen LogP contribution in [0.3, 0.4) is 0 Å². The highest BCUT2D eigenvalue weighted by Crippen LogP contribution is 2.46. The second-order valence-corrected chi connectivity index (χ2v) is 5.59. The Labute approximate surface area is 139 Å². The molecule has 7 nitrogen and oxygen atoms in total. The molecule has 1 heterocycles. The number of hydrogen-bond acceptors (Lipinski definition) is 6. The number of Topliss-reactive ketones (excluding diaryl/α,β-unsaturated/α-hetero) is 1. The minimum Gasteiger partial charge on any atom is -0.467 e. The van der Waals surface area contributed by atoms with E-state index in [-0.39, 0.29) is 0 Å². The molecule has 0 saturated carbocycles. The molecular formula is C17H19NO6. The lowest BCUT2D eigenvalue weighted by molar-refractivity contribution is -0.206. The van der Waals surface area contributed by atoms with E-state index in [1.54, 1.807) is 37.3 Å². The summed E-state index contributed by atoms with van der Waals surface area (Å²) in [6.45, 7) is 2.83. The van der Waals surface area contributed by atoms with Gasteiger partial charge >= 0.3 is 11.9 Å². The van der Waals surface area contributed by atoms with E-state index >= 15 is 0 Å². The van der Waals surface area contributed by atoms with Crippen LogP contribution >= 0.6 is 0 Å². The molecule has 1 aromatic carbocycles. The molecule has 1 fully saturated rings. The summed E-state index contributed by atoms with van der Waals surface area (Å²) in [5, 5.41) is 0. The van der Waals surface area contributed by atoms with E-state index in [0.29, 0.717) is 5.56 Å². The number of ketones is 1. The number of rotatable bonds is 5. The smallest absolute Gasteiger partial charge is 0.345 e. The average Bonchev–Trinajstić information content (AvgIpc) is 2.58. The first-order chi connectivity index (χ1) is 11.3. The second-order valence-electron chi connectivity index (χ2n) is 5.59. The maximum Gasteiger partial charge on any atom is 0.345 e. The summed E-state index contributed by atoms with van der Waals surface area (Å²) in [5.41, 5.74) is -1.38. The van der Waals surface area contributed by atoms with Crippen LogP contribution < -0.4 is 0 Å². The zero-order chi connectivity index (χ0) is 18.1. The lowest BCUT2D eigenvalue weighted by atomic mass is 9.69. The molecule has 7 heteroatoms. The van der Waals surface area contributed by atoms with Crippen molar-refractivity contribution >= 4 is 23.6 Å². The molecule has 1 aliphatic rings. The third kappa shape index (κ3) is 2.28. The van der Waals surface area contributed by atoms with Crippen molar-refractivity contribution in [3.8, 4) is 0 Å². The van der Waals surface area contributed by atoms with Crippen molar-refractivity contribution in [2.45, 2.75) is 25.4 Å². The lowest BCUT2D eigenvalue weighted by Crippen LogP contribution is -2.80. The lowest BCUT2D eigenvalue weighted by Gasteiger charge is -2.54. The number of hydrogen-bond donors (Lipinski definition) is 0. The number of methoxy groups -OCH3 is 2. The van der Waals surface area contributed by atoms with Crippen LogP contribution in [0.1, 0.15) is 25.5 Å². The first-order valence-corrected chi connectivity index (χ1v) is 7.39. The van der Waals surface area contributed by atoms with Gasteiger partial charge in [0, 0.05) is 0 Å². The molecule has 2 rings (SSSR count). The fourth-order valence-corrected chi connectivity index (χ4v) is 3.24. The number of ether oxygens (including phenoxy) is 2. The van der Waals surface area contributed by atoms with Crippen molar-refractivity contribution in [1.29, 1.82) is 0 Å². The molecule has 2 unspecified atom stereocenters. The quantitative estimate of drug-likeness (QED) is 0.451. The summed E-state index contributed by atoms with van der Waals surface area (Å²) in [4.78, 5) is 50.5. The van der Waals surface area contributed by atoms with Crippen LogP contribution in [0, 0.1) is 5.92 Å². The molecule has 24 heavy (non-hydrogen) atoms. The van der Waals surface area contributed by atoms with Crippen LogP contribution in [0.5, 0.6) is 0 Å². The number of likely N-dealkylation sites (tertiary alicyclic amines) is 1. The van der Waals surface area contributed by atoms with Crippen molar-refractivity contribution in [1.82, 2.24) is 4.90 Å². The van der Waals surface area contributed by atoms with Crippen molar-refractivity contribution in [2.75, 3.05) is 14.2 Å². The molecule has 2 atom stereocenters. The van der Waals surface area contributed by atoms with Gasteiger partial charge in [-0.15, -0.1) is 0 Å². The first-order valence-electron chi connectivity index (χ1n) is 7.39. The summed E-state index contributed by atoms with van der Waals surface area (Å²) in [6, 6.07) is 8.26. The van der Waals surface area contributed by atoms with E-state index < -0.39 is 41.1 Å². The van der Waals surface area contributed by atoms with Gasteiger partial charge in [0.25, 0.3) is 5.54 Å². The Morgan fingerprint density at radius 3 is 2.00 bits per heavy atom. The summed E-state index contributed by atoms with van der Waals surface area (Å²) < 4.78 is 9.48. The molecular weight excluding hydrogens is 314 g/mol. The van der Waals surface area contributed by atoms with Crippen LogP contribution in [0.15, 0.2) is 30.3 Å². The highest BCUT2D eigenvalue weighted by molar-refractivity contribution is 6.24. The average molecular weight is 333 g/mol. The minimum atomic E-state index is -2.10. The maximum atomic E-state index is 12.6. The molecule has 0 aliphatic carbocycles. The molecule has 0 aromatic heterocycles. The topological polar surface area (TPSA) is 90.0 Å². The number of carbonyl (C=O) groups is 4. The maximum absolute atomic E-state index is 12.6. The summed E-state index contributed by atoms with van der Waals surface area (Å²) >= 11 is 0. The molecule has 0 spiro atoms. The van der Waals surface area contributed by atoms with Gasteiger partial charge in [0.2, 0.25) is 5.91 Å². The van der Waals surface area contributed by atoms with Gasteiger partial charge in [0.15, 0.2) is 0 Å². The Hall–Kier alpha value is -2.70. The largest absolute Gasteiger partial charge is 0.467 e. The van der Waals surface area contributed by atoms with Crippen LogP contribution in [0.2, 0.25) is 0 Å². The van der Waals surface area contributed by atoms with Gasteiger partial charge in [-0.3, -0.25) is 9.59 Å². The predicted molar refractivity (Wildman–Crippen MR) is 82.6 cm³/mol. The third-order valence-corrected chi connectivity index (χ3v) is 4.35. The van der Waals surface area contributed by atoms with E-state index in [9.17, 15) is 19.2 Å². The molecule has 1 aliphatic heterocycles. The third-order valence-electron chi connectivity index (χ3n) is 4.35. The summed E-state index contributed by atoms with van der Waals surface area (Å²) in [6.07, 6.45) is 0. The summed E-state index contributed by atoms with van der Waals surface area (Å²) in [7, 11) is 2.19. The SMILES string of the molecule is COC(=O)C1(C(=O)OC)C(C(C)=O)C(=O)N1C(C)c1ccccc1. The monoisotopic (exact) mass is 333 g/mol. The van der Waals surface area contributed by atoms with Crippen molar-refractivity contribution < 1.29 is 28.7 Å². The molecule has 1 aromatic rings. The summed E-state index contributed by atoms with van der Waals surface area (Å²) in [5.74, 6) is -4.61. The van der Waals surface area contributed by atoms with Crippen LogP contribution in [-0.4, -0.2) is 48.3 Å². The Balaban J connectivity index is 2.59. The highest BCUT2D eigenvalue weighted by Gasteiger charge is 2.74.